The van der Waals surface area contributed by atoms with Crippen LogP contribution < -0.4 is 0 Å². The van der Waals surface area contributed by atoms with Crippen molar-refractivity contribution in [3.8, 4) is 0 Å². The highest BCUT2D eigenvalue weighted by Gasteiger charge is 2.32. The molecule has 1 N–H and O–H groups in total. The lowest BCUT2D eigenvalue weighted by atomic mass is 10.3. The summed E-state index contributed by atoms with van der Waals surface area (Å²) in [4.78, 5) is 6.86. The molecule has 1 fully saturated rings. The number of hydrogen-bond acceptors (Lipinski definition) is 5. The van der Waals surface area contributed by atoms with Gasteiger partial charge in [-0.3, -0.25) is 15.0 Å². The maximum absolute atomic E-state index is 12.8. The molecule has 3 heterocycles. The van der Waals surface area contributed by atoms with Gasteiger partial charge in [-0.25, -0.2) is 8.42 Å². The first-order chi connectivity index (χ1) is 11.0. The Morgan fingerprint density at radius 1 is 1.17 bits per heavy atom. The molecule has 0 bridgehead atoms. The van der Waals surface area contributed by atoms with Gasteiger partial charge in [-0.15, -0.1) is 0 Å². The van der Waals surface area contributed by atoms with Crippen molar-refractivity contribution >= 4 is 10.0 Å². The second-order valence-electron chi connectivity index (χ2n) is 5.76. The van der Waals surface area contributed by atoms with Crippen LogP contribution in [-0.4, -0.2) is 59.0 Å². The van der Waals surface area contributed by atoms with Gasteiger partial charge in [0.1, 0.15) is 4.90 Å². The van der Waals surface area contributed by atoms with Crippen LogP contribution in [0.25, 0.3) is 0 Å². The summed E-state index contributed by atoms with van der Waals surface area (Å²) < 4.78 is 27.1. The van der Waals surface area contributed by atoms with E-state index in [9.17, 15) is 8.42 Å². The van der Waals surface area contributed by atoms with E-state index >= 15 is 0 Å². The second kappa shape index (κ2) is 6.38. The molecule has 0 aromatic carbocycles. The molecule has 124 valence electrons. The van der Waals surface area contributed by atoms with E-state index in [1.807, 2.05) is 18.2 Å². The monoisotopic (exact) mass is 335 g/mol. The van der Waals surface area contributed by atoms with Crippen LogP contribution in [0.5, 0.6) is 0 Å². The van der Waals surface area contributed by atoms with Gasteiger partial charge >= 0.3 is 0 Å². The average molecular weight is 335 g/mol. The summed E-state index contributed by atoms with van der Waals surface area (Å²) in [6.07, 6.45) is 1.78. The second-order valence-corrected chi connectivity index (χ2v) is 7.64. The molecule has 0 spiro atoms. The third-order valence-corrected chi connectivity index (χ3v) is 6.26. The Morgan fingerprint density at radius 3 is 2.48 bits per heavy atom. The molecule has 0 saturated carbocycles. The lowest BCUT2D eigenvalue weighted by Gasteiger charge is -2.33. The maximum Gasteiger partial charge on any atom is 0.246 e. The van der Waals surface area contributed by atoms with E-state index in [4.69, 9.17) is 0 Å². The number of H-pyrrole nitrogens is 1. The van der Waals surface area contributed by atoms with Gasteiger partial charge < -0.3 is 0 Å². The molecule has 2 aromatic rings. The highest BCUT2D eigenvalue weighted by Crippen LogP contribution is 2.22. The summed E-state index contributed by atoms with van der Waals surface area (Å²) in [6.45, 7) is 6.58. The number of aromatic nitrogens is 3. The minimum atomic E-state index is -3.48. The minimum absolute atomic E-state index is 0.315. The van der Waals surface area contributed by atoms with Gasteiger partial charge in [0.25, 0.3) is 0 Å². The van der Waals surface area contributed by atoms with Crippen LogP contribution in [0.1, 0.15) is 17.1 Å². The van der Waals surface area contributed by atoms with Crippen molar-refractivity contribution in [1.29, 1.82) is 0 Å². The zero-order chi connectivity index (χ0) is 16.4. The van der Waals surface area contributed by atoms with Crippen molar-refractivity contribution in [2.45, 2.75) is 25.3 Å². The van der Waals surface area contributed by atoms with Crippen molar-refractivity contribution in [2.75, 3.05) is 26.2 Å². The molecular formula is C15H21N5O2S. The molecule has 1 aliphatic rings. The van der Waals surface area contributed by atoms with Gasteiger partial charge in [0, 0.05) is 38.9 Å². The first-order valence-corrected chi connectivity index (χ1v) is 9.06. The molecule has 7 nitrogen and oxygen atoms in total. The first-order valence-electron chi connectivity index (χ1n) is 7.62. The molecule has 0 radical (unpaired) electrons. The third kappa shape index (κ3) is 3.29. The zero-order valence-electron chi connectivity index (χ0n) is 13.4. The van der Waals surface area contributed by atoms with Crippen molar-refractivity contribution in [3.63, 3.8) is 0 Å². The molecule has 3 rings (SSSR count). The van der Waals surface area contributed by atoms with Crippen molar-refractivity contribution < 1.29 is 8.42 Å². The number of aryl methyl sites for hydroxylation is 2. The topological polar surface area (TPSA) is 82.2 Å². The summed E-state index contributed by atoms with van der Waals surface area (Å²) in [5.74, 6) is 0. The van der Waals surface area contributed by atoms with E-state index in [1.54, 1.807) is 24.3 Å². The maximum atomic E-state index is 12.8. The molecular weight excluding hydrogens is 314 g/mol. The fourth-order valence-corrected chi connectivity index (χ4v) is 4.65. The van der Waals surface area contributed by atoms with E-state index in [-0.39, 0.29) is 0 Å². The van der Waals surface area contributed by atoms with Crippen LogP contribution in [0.2, 0.25) is 0 Å². The van der Waals surface area contributed by atoms with Crippen LogP contribution >= 0.6 is 0 Å². The Bertz CT molecular complexity index is 745. The number of piperazine rings is 1. The van der Waals surface area contributed by atoms with Gasteiger partial charge in [-0.05, 0) is 26.0 Å². The van der Waals surface area contributed by atoms with Gasteiger partial charge in [-0.2, -0.15) is 9.40 Å². The smallest absolute Gasteiger partial charge is 0.246 e. The quantitative estimate of drug-likeness (QED) is 0.899. The summed E-state index contributed by atoms with van der Waals surface area (Å²) in [7, 11) is -3.48. The van der Waals surface area contributed by atoms with Crippen molar-refractivity contribution in [1.82, 2.24) is 24.4 Å². The minimum Gasteiger partial charge on any atom is -0.295 e. The van der Waals surface area contributed by atoms with E-state index in [1.165, 1.54) is 0 Å². The van der Waals surface area contributed by atoms with Gasteiger partial charge in [0.05, 0.1) is 17.1 Å². The highest BCUT2D eigenvalue weighted by molar-refractivity contribution is 7.89. The Hall–Kier alpha value is -1.77. The van der Waals surface area contributed by atoms with E-state index in [2.05, 4.69) is 20.1 Å². The largest absolute Gasteiger partial charge is 0.295 e. The van der Waals surface area contributed by atoms with Gasteiger partial charge in [0.15, 0.2) is 0 Å². The normalized spacial score (nSPS) is 17.5. The molecule has 8 heteroatoms. The summed E-state index contributed by atoms with van der Waals surface area (Å²) in [6, 6.07) is 5.85. The van der Waals surface area contributed by atoms with E-state index in [0.29, 0.717) is 42.5 Å². The predicted octanol–water partition coefficient (Wildman–Crippen LogP) is 0.928. The van der Waals surface area contributed by atoms with Crippen LogP contribution in [0, 0.1) is 13.8 Å². The van der Waals surface area contributed by atoms with Crippen molar-refractivity contribution in [2.24, 2.45) is 0 Å². The Morgan fingerprint density at radius 2 is 1.91 bits per heavy atom. The Kier molecular flexibility index (Phi) is 4.47. The van der Waals surface area contributed by atoms with Crippen LogP contribution in [-0.2, 0) is 16.6 Å². The van der Waals surface area contributed by atoms with Gasteiger partial charge in [0.2, 0.25) is 10.0 Å². The molecule has 1 aliphatic heterocycles. The number of sulfonamides is 1. The lowest BCUT2D eigenvalue weighted by Crippen LogP contribution is -2.48. The summed E-state index contributed by atoms with van der Waals surface area (Å²) in [5.41, 5.74) is 2.13. The fourth-order valence-electron chi connectivity index (χ4n) is 2.90. The standard InChI is InChI=1S/C15H21N5O2S/c1-12-15(13(2)18-17-12)23(21,22)20-9-7-19(8-10-20)11-14-5-3-4-6-16-14/h3-6H,7-11H2,1-2H3,(H,17,18). The number of nitrogens with zero attached hydrogens (tertiary/aromatic N) is 4. The Balaban J connectivity index is 1.67. The number of hydrogen-bond donors (Lipinski definition) is 1. The van der Waals surface area contributed by atoms with Crippen LogP contribution in [0.4, 0.5) is 0 Å². The SMILES string of the molecule is Cc1n[nH]c(C)c1S(=O)(=O)N1CCN(Cc2ccccn2)CC1. The summed E-state index contributed by atoms with van der Waals surface area (Å²) in [5, 5.41) is 6.75. The fraction of sp³-hybridized carbons (Fsp3) is 0.467. The first kappa shape index (κ1) is 16.1. The molecule has 23 heavy (non-hydrogen) atoms. The van der Waals surface area contributed by atoms with E-state index < -0.39 is 10.0 Å². The number of rotatable bonds is 4. The van der Waals surface area contributed by atoms with Crippen LogP contribution in [0.15, 0.2) is 29.3 Å². The molecule has 0 unspecified atom stereocenters. The summed E-state index contributed by atoms with van der Waals surface area (Å²) >= 11 is 0. The number of aromatic amines is 1. The molecule has 1 saturated heterocycles. The molecule has 0 aliphatic carbocycles. The molecule has 2 aromatic heterocycles. The number of pyridine rings is 1. The third-order valence-electron chi connectivity index (χ3n) is 4.10. The average Bonchev–Trinajstić information content (AvgIpc) is 2.88. The predicted molar refractivity (Wildman–Crippen MR) is 86.3 cm³/mol. The van der Waals surface area contributed by atoms with E-state index in [0.717, 1.165) is 12.2 Å². The van der Waals surface area contributed by atoms with Crippen LogP contribution in [0.3, 0.4) is 0 Å². The lowest BCUT2D eigenvalue weighted by molar-refractivity contribution is 0.180. The molecule has 0 atom stereocenters. The zero-order valence-corrected chi connectivity index (χ0v) is 14.2. The van der Waals surface area contributed by atoms with Crippen molar-refractivity contribution in [3.05, 3.63) is 41.5 Å². The highest BCUT2D eigenvalue weighted by atomic mass is 32.2. The van der Waals surface area contributed by atoms with Gasteiger partial charge in [-0.1, -0.05) is 6.07 Å². The number of nitrogens with one attached hydrogen (secondary N) is 1. The Labute approximate surface area is 136 Å². The molecule has 0 amide bonds.